The summed E-state index contributed by atoms with van der Waals surface area (Å²) in [5.41, 5.74) is 3.15. The lowest BCUT2D eigenvalue weighted by Gasteiger charge is -2.27. The lowest BCUT2D eigenvalue weighted by molar-refractivity contribution is -0.133. The standard InChI is InChI=1S/C23H22N4O5S2/c1-15(28)25-27(22-7-8-26(23(22)29)13-16-9-20(12-24)33-14-16)34(30,31)21-6-4-17-3-5-19(32-2)10-18(17)11-21/h3-6,9-11,14,22H,7-8,13H2,1-2H3,(H,25,28)/t22-/m0/s1. The van der Waals surface area contributed by atoms with E-state index in [9.17, 15) is 18.0 Å². The van der Waals surface area contributed by atoms with E-state index in [1.807, 2.05) is 6.07 Å². The molecule has 34 heavy (non-hydrogen) atoms. The Kier molecular flexibility index (Phi) is 6.56. The van der Waals surface area contributed by atoms with Crippen LogP contribution in [0.5, 0.6) is 5.75 Å². The van der Waals surface area contributed by atoms with Crippen molar-refractivity contribution in [3.05, 3.63) is 58.3 Å². The van der Waals surface area contributed by atoms with Gasteiger partial charge < -0.3 is 9.64 Å². The smallest absolute Gasteiger partial charge is 0.260 e. The van der Waals surface area contributed by atoms with Crippen molar-refractivity contribution in [3.63, 3.8) is 0 Å². The van der Waals surface area contributed by atoms with Crippen LogP contribution in [0.15, 0.2) is 52.7 Å². The van der Waals surface area contributed by atoms with Gasteiger partial charge in [-0.05, 0) is 58.5 Å². The van der Waals surface area contributed by atoms with Crippen LogP contribution >= 0.6 is 11.3 Å². The number of fused-ring (bicyclic) bond motifs is 1. The van der Waals surface area contributed by atoms with Crippen LogP contribution in [0.2, 0.25) is 0 Å². The summed E-state index contributed by atoms with van der Waals surface area (Å²) in [5, 5.41) is 12.3. The maximum atomic E-state index is 13.6. The number of hydrogen-bond donors (Lipinski definition) is 1. The van der Waals surface area contributed by atoms with Gasteiger partial charge in [0.15, 0.2) is 0 Å². The Balaban J connectivity index is 1.64. The van der Waals surface area contributed by atoms with Gasteiger partial charge in [-0.1, -0.05) is 16.5 Å². The maximum Gasteiger partial charge on any atom is 0.260 e. The molecule has 1 aliphatic heterocycles. The highest BCUT2D eigenvalue weighted by Gasteiger charge is 2.43. The predicted octanol–water partition coefficient (Wildman–Crippen LogP) is 2.62. The average Bonchev–Trinajstić information content (AvgIpc) is 3.43. The molecule has 11 heteroatoms. The van der Waals surface area contributed by atoms with Gasteiger partial charge in [0.1, 0.15) is 22.7 Å². The molecule has 2 amide bonds. The zero-order valence-corrected chi connectivity index (χ0v) is 20.1. The van der Waals surface area contributed by atoms with E-state index in [2.05, 4.69) is 11.5 Å². The number of carbonyl (C=O) groups excluding carboxylic acids is 2. The molecular formula is C23H22N4O5S2. The van der Waals surface area contributed by atoms with Crippen molar-refractivity contribution in [1.29, 1.82) is 5.26 Å². The number of benzene rings is 2. The van der Waals surface area contributed by atoms with Crippen LogP contribution in [0, 0.1) is 11.3 Å². The van der Waals surface area contributed by atoms with Crippen molar-refractivity contribution in [2.75, 3.05) is 13.7 Å². The minimum Gasteiger partial charge on any atom is -0.497 e. The van der Waals surface area contributed by atoms with E-state index in [-0.39, 0.29) is 17.9 Å². The third-order valence-electron chi connectivity index (χ3n) is 5.53. The molecule has 4 rings (SSSR count). The van der Waals surface area contributed by atoms with Gasteiger partial charge in [0.05, 0.1) is 12.0 Å². The summed E-state index contributed by atoms with van der Waals surface area (Å²) in [5.74, 6) is -0.436. The first kappa shape index (κ1) is 23.7. The van der Waals surface area contributed by atoms with Gasteiger partial charge in [-0.15, -0.1) is 11.3 Å². The highest BCUT2D eigenvalue weighted by Crippen LogP contribution is 2.28. The molecule has 3 aromatic rings. The van der Waals surface area contributed by atoms with Crippen molar-refractivity contribution >= 4 is 43.9 Å². The SMILES string of the molecule is COc1ccc2ccc(S(=O)(=O)N(NC(C)=O)[C@H]3CCN(Cc4csc(C#N)c4)C3=O)cc2c1. The largest absolute Gasteiger partial charge is 0.497 e. The molecule has 9 nitrogen and oxygen atoms in total. The first-order chi connectivity index (χ1) is 16.2. The number of ether oxygens (including phenoxy) is 1. The fourth-order valence-electron chi connectivity index (χ4n) is 3.90. The number of hydrazine groups is 1. The van der Waals surface area contributed by atoms with E-state index in [1.165, 1.54) is 42.4 Å². The number of rotatable bonds is 7. The molecule has 0 aliphatic carbocycles. The molecule has 1 aliphatic rings. The molecule has 1 N–H and O–H groups in total. The Labute approximate surface area is 201 Å². The summed E-state index contributed by atoms with van der Waals surface area (Å²) in [6.07, 6.45) is 0.217. The highest BCUT2D eigenvalue weighted by atomic mass is 32.2. The van der Waals surface area contributed by atoms with E-state index in [0.717, 1.165) is 15.4 Å². The number of amides is 2. The van der Waals surface area contributed by atoms with Crippen LogP contribution < -0.4 is 10.2 Å². The van der Waals surface area contributed by atoms with E-state index in [0.29, 0.717) is 22.6 Å². The van der Waals surface area contributed by atoms with E-state index < -0.39 is 27.9 Å². The monoisotopic (exact) mass is 498 g/mol. The minimum absolute atomic E-state index is 0.0512. The normalized spacial score (nSPS) is 16.1. The van der Waals surface area contributed by atoms with Crippen molar-refractivity contribution < 1.29 is 22.7 Å². The van der Waals surface area contributed by atoms with Gasteiger partial charge in [0, 0.05) is 20.0 Å². The number of methoxy groups -OCH3 is 1. The van der Waals surface area contributed by atoms with Crippen LogP contribution in [0.4, 0.5) is 0 Å². The van der Waals surface area contributed by atoms with Gasteiger partial charge in [-0.2, -0.15) is 5.26 Å². The number of nitriles is 1. The van der Waals surface area contributed by atoms with Crippen molar-refractivity contribution in [1.82, 2.24) is 14.7 Å². The number of sulfonamides is 1. The molecule has 0 bridgehead atoms. The first-order valence-corrected chi connectivity index (χ1v) is 12.7. The molecule has 2 aromatic carbocycles. The molecule has 1 fully saturated rings. The lowest BCUT2D eigenvalue weighted by atomic mass is 10.1. The number of nitrogens with zero attached hydrogens (tertiary/aromatic N) is 3. The molecule has 1 atom stereocenters. The summed E-state index contributed by atoms with van der Waals surface area (Å²) >= 11 is 1.28. The second-order valence-corrected chi connectivity index (χ2v) is 10.6. The van der Waals surface area contributed by atoms with E-state index >= 15 is 0 Å². The minimum atomic E-state index is -4.25. The second kappa shape index (κ2) is 9.42. The number of likely N-dealkylation sites (tertiary alicyclic amines) is 1. The Morgan fingerprint density at radius 1 is 1.26 bits per heavy atom. The molecule has 176 valence electrons. The average molecular weight is 499 g/mol. The van der Waals surface area contributed by atoms with Crippen LogP contribution in [0.25, 0.3) is 10.8 Å². The summed E-state index contributed by atoms with van der Waals surface area (Å²) < 4.78 is 33.2. The molecule has 1 saturated heterocycles. The lowest BCUT2D eigenvalue weighted by Crippen LogP contribution is -2.53. The fourth-order valence-corrected chi connectivity index (χ4v) is 6.11. The van der Waals surface area contributed by atoms with Gasteiger partial charge in [-0.3, -0.25) is 15.0 Å². The van der Waals surface area contributed by atoms with Crippen LogP contribution in [-0.4, -0.2) is 49.2 Å². The van der Waals surface area contributed by atoms with Crippen LogP contribution in [0.3, 0.4) is 0 Å². The summed E-state index contributed by atoms with van der Waals surface area (Å²) in [6.45, 7) is 1.78. The molecule has 0 saturated carbocycles. The van der Waals surface area contributed by atoms with Crippen molar-refractivity contribution in [3.8, 4) is 11.8 Å². The topological polar surface area (TPSA) is 120 Å². The van der Waals surface area contributed by atoms with Gasteiger partial charge in [0.2, 0.25) is 11.8 Å². The Hall–Kier alpha value is -3.46. The third-order valence-corrected chi connectivity index (χ3v) is 8.13. The summed E-state index contributed by atoms with van der Waals surface area (Å²) in [7, 11) is -2.72. The summed E-state index contributed by atoms with van der Waals surface area (Å²) in [4.78, 5) is 27.1. The van der Waals surface area contributed by atoms with Gasteiger partial charge >= 0.3 is 0 Å². The number of hydrogen-bond acceptors (Lipinski definition) is 7. The Morgan fingerprint density at radius 2 is 2.03 bits per heavy atom. The molecular weight excluding hydrogens is 476 g/mol. The quantitative estimate of drug-likeness (QED) is 0.500. The zero-order chi connectivity index (χ0) is 24.5. The highest BCUT2D eigenvalue weighted by molar-refractivity contribution is 7.89. The van der Waals surface area contributed by atoms with Crippen molar-refractivity contribution in [2.45, 2.75) is 30.8 Å². The van der Waals surface area contributed by atoms with Crippen LogP contribution in [-0.2, 0) is 26.2 Å². The fraction of sp³-hybridized carbons (Fsp3) is 0.261. The number of thiophene rings is 1. The predicted molar refractivity (Wildman–Crippen MR) is 126 cm³/mol. The van der Waals surface area contributed by atoms with Gasteiger partial charge in [-0.25, -0.2) is 8.42 Å². The summed E-state index contributed by atoms with van der Waals surface area (Å²) in [6, 6.07) is 12.6. The van der Waals surface area contributed by atoms with E-state index in [4.69, 9.17) is 10.00 Å². The maximum absolute atomic E-state index is 13.6. The zero-order valence-electron chi connectivity index (χ0n) is 18.5. The van der Waals surface area contributed by atoms with Crippen LogP contribution in [0.1, 0.15) is 23.8 Å². The molecule has 1 aromatic heterocycles. The second-order valence-electron chi connectivity index (χ2n) is 7.84. The number of carbonyl (C=O) groups is 2. The molecule has 0 spiro atoms. The Morgan fingerprint density at radius 3 is 2.71 bits per heavy atom. The van der Waals surface area contributed by atoms with Crippen molar-refractivity contribution in [2.24, 2.45) is 0 Å². The molecule has 0 unspecified atom stereocenters. The molecule has 2 heterocycles. The number of nitrogens with one attached hydrogen (secondary N) is 1. The first-order valence-electron chi connectivity index (χ1n) is 10.4. The van der Waals surface area contributed by atoms with Gasteiger partial charge in [0.25, 0.3) is 10.0 Å². The molecule has 0 radical (unpaired) electrons. The Bertz CT molecular complexity index is 1410. The van der Waals surface area contributed by atoms with E-state index in [1.54, 1.807) is 29.6 Å². The third kappa shape index (κ3) is 4.61.